The van der Waals surface area contributed by atoms with Gasteiger partial charge in [0.05, 0.1) is 28.0 Å². The predicted molar refractivity (Wildman–Crippen MR) is 130 cm³/mol. The molecule has 0 radical (unpaired) electrons. The Bertz CT molecular complexity index is 1410. The lowest BCUT2D eigenvalue weighted by atomic mass is 10.0. The first-order chi connectivity index (χ1) is 17.7. The Hall–Kier alpha value is -3.74. The first kappa shape index (κ1) is 24.9. The molecule has 3 aromatic rings. The molecule has 0 aliphatic carbocycles. The number of alkyl halides is 3. The molecule has 0 saturated heterocycles. The molecule has 0 fully saturated rings. The van der Waals surface area contributed by atoms with Crippen LogP contribution >= 0.6 is 0 Å². The highest BCUT2D eigenvalue weighted by Gasteiger charge is 2.37. The second-order valence-electron chi connectivity index (χ2n) is 8.15. The Morgan fingerprint density at radius 1 is 1.03 bits per heavy atom. The van der Waals surface area contributed by atoms with Crippen molar-refractivity contribution in [3.8, 4) is 17.2 Å². The molecule has 0 spiro atoms. The maximum Gasteiger partial charge on any atom is 0.573 e. The summed E-state index contributed by atoms with van der Waals surface area (Å²) in [6.45, 7) is -0.0277. The second-order valence-corrected chi connectivity index (χ2v) is 10.3. The summed E-state index contributed by atoms with van der Waals surface area (Å²) in [6.07, 6.45) is -4.60. The molecule has 0 aromatic heterocycles. The van der Waals surface area contributed by atoms with E-state index < -0.39 is 34.2 Å². The first-order valence-electron chi connectivity index (χ1n) is 11.1. The molecule has 3 aromatic carbocycles. The minimum absolute atomic E-state index is 0.0277. The topological polar surface area (TPSA) is 92.6 Å². The van der Waals surface area contributed by atoms with E-state index in [1.807, 2.05) is 36.4 Å². The van der Waals surface area contributed by atoms with Crippen LogP contribution in [0.15, 0.2) is 94.0 Å². The highest BCUT2D eigenvalue weighted by molar-refractivity contribution is 7.91. The van der Waals surface area contributed by atoms with Crippen molar-refractivity contribution in [1.82, 2.24) is 4.72 Å². The van der Waals surface area contributed by atoms with Crippen LogP contribution in [0.2, 0.25) is 0 Å². The Labute approximate surface area is 211 Å². The number of rotatable bonds is 5. The summed E-state index contributed by atoms with van der Waals surface area (Å²) in [5.41, 5.74) is 1.73. The Kier molecular flexibility index (Phi) is 6.48. The average molecular weight is 534 g/mol. The van der Waals surface area contributed by atoms with Gasteiger partial charge in [0.2, 0.25) is 0 Å². The van der Waals surface area contributed by atoms with Crippen LogP contribution < -0.4 is 19.1 Å². The zero-order valence-electron chi connectivity index (χ0n) is 19.4. The van der Waals surface area contributed by atoms with Crippen LogP contribution in [0.5, 0.6) is 17.2 Å². The van der Waals surface area contributed by atoms with Gasteiger partial charge in [-0.1, -0.05) is 24.3 Å². The molecule has 2 aliphatic heterocycles. The average Bonchev–Trinajstić information content (AvgIpc) is 2.88. The van der Waals surface area contributed by atoms with Crippen molar-refractivity contribution in [3.05, 3.63) is 84.8 Å². The molecule has 2 N–H and O–H groups in total. The number of halogens is 3. The van der Waals surface area contributed by atoms with Gasteiger partial charge in [-0.2, -0.15) is 0 Å². The van der Waals surface area contributed by atoms with Crippen molar-refractivity contribution >= 4 is 21.3 Å². The Morgan fingerprint density at radius 2 is 1.62 bits per heavy atom. The number of benzene rings is 3. The van der Waals surface area contributed by atoms with E-state index in [1.165, 1.54) is 25.4 Å². The molecule has 2 aliphatic rings. The maximum atomic E-state index is 13.7. The molecule has 37 heavy (non-hydrogen) atoms. The molecule has 0 bridgehead atoms. The highest BCUT2D eigenvalue weighted by Crippen LogP contribution is 2.49. The predicted octanol–water partition coefficient (Wildman–Crippen LogP) is 5.09. The van der Waals surface area contributed by atoms with Gasteiger partial charge in [0.25, 0.3) is 0 Å². The third kappa shape index (κ3) is 4.95. The van der Waals surface area contributed by atoms with Crippen LogP contribution in [0.3, 0.4) is 0 Å². The van der Waals surface area contributed by atoms with E-state index in [-0.39, 0.29) is 11.5 Å². The van der Waals surface area contributed by atoms with Gasteiger partial charge in [-0.3, -0.25) is 0 Å². The first-order valence-corrected chi connectivity index (χ1v) is 12.6. The standard InChI is InChI=1S/C25H22F3N3O5S/c1-29-37(33,17-12-10-16(11-13-17)36-25(26,27)28)30-18-14-34-15-21(24(18)32)31-19-6-2-4-8-22(19)35-23-9-5-3-7-20(23)31/h2-13,15,18,24,32H,14H2,1H3,(H,29,30,33)/t18-,24-,37?/m1/s1. The van der Waals surface area contributed by atoms with Gasteiger partial charge in [0.1, 0.15) is 34.6 Å². The number of hydrogen-bond acceptors (Lipinski definition) is 7. The van der Waals surface area contributed by atoms with Crippen molar-refractivity contribution in [2.24, 2.45) is 4.36 Å². The summed E-state index contributed by atoms with van der Waals surface area (Å²) in [6, 6.07) is 18.3. The maximum absolute atomic E-state index is 13.7. The third-order valence-corrected chi connectivity index (χ3v) is 7.85. The molecular weight excluding hydrogens is 511 g/mol. The van der Waals surface area contributed by atoms with Crippen molar-refractivity contribution in [1.29, 1.82) is 0 Å². The summed E-state index contributed by atoms with van der Waals surface area (Å²) in [5.74, 6) is 0.709. The number of anilines is 2. The van der Waals surface area contributed by atoms with Crippen molar-refractivity contribution in [2.45, 2.75) is 23.4 Å². The molecule has 2 heterocycles. The molecule has 0 amide bonds. The van der Waals surface area contributed by atoms with Gasteiger partial charge in [0.15, 0.2) is 11.5 Å². The number of aliphatic hydroxyl groups excluding tert-OH is 1. The Balaban J connectivity index is 1.43. The lowest BCUT2D eigenvalue weighted by molar-refractivity contribution is -0.274. The number of para-hydroxylation sites is 4. The zero-order chi connectivity index (χ0) is 26.2. The van der Waals surface area contributed by atoms with Gasteiger partial charge < -0.3 is 24.2 Å². The van der Waals surface area contributed by atoms with Crippen molar-refractivity contribution < 1.29 is 36.7 Å². The number of nitrogens with zero attached hydrogens (tertiary/aromatic N) is 2. The van der Waals surface area contributed by atoms with Crippen LogP contribution in [0.25, 0.3) is 0 Å². The van der Waals surface area contributed by atoms with E-state index in [4.69, 9.17) is 9.47 Å². The van der Waals surface area contributed by atoms with Crippen LogP contribution in [0.4, 0.5) is 24.5 Å². The zero-order valence-corrected chi connectivity index (χ0v) is 20.2. The molecule has 12 heteroatoms. The molecular formula is C25H22F3N3O5S. The molecule has 0 saturated carbocycles. The van der Waals surface area contributed by atoms with Crippen LogP contribution in [-0.2, 0) is 14.7 Å². The largest absolute Gasteiger partial charge is 0.573 e. The smallest absolute Gasteiger partial charge is 0.497 e. The van der Waals surface area contributed by atoms with E-state index in [1.54, 1.807) is 17.0 Å². The van der Waals surface area contributed by atoms with Crippen LogP contribution in [0.1, 0.15) is 0 Å². The number of aliphatic hydroxyl groups is 1. The number of nitrogens with one attached hydrogen (secondary N) is 1. The van der Waals surface area contributed by atoms with Gasteiger partial charge in [-0.05, 0) is 48.5 Å². The SMILES string of the molecule is CN=S(=O)(N[C@@H]1COC=C(N2c3ccccc3Oc3ccccc32)[C@@H]1O)c1ccc(OC(F)(F)F)cc1. The van der Waals surface area contributed by atoms with E-state index >= 15 is 0 Å². The monoisotopic (exact) mass is 533 g/mol. The summed E-state index contributed by atoms with van der Waals surface area (Å²) in [4.78, 5) is 1.93. The van der Waals surface area contributed by atoms with Crippen molar-refractivity contribution in [2.75, 3.05) is 18.6 Å². The minimum Gasteiger partial charge on any atom is -0.497 e. The lowest BCUT2D eigenvalue weighted by Gasteiger charge is -2.39. The molecule has 194 valence electrons. The quantitative estimate of drug-likeness (QED) is 0.475. The summed E-state index contributed by atoms with van der Waals surface area (Å²) < 4.78 is 73.6. The molecule has 1 unspecified atom stereocenters. The van der Waals surface area contributed by atoms with E-state index in [0.29, 0.717) is 28.6 Å². The Morgan fingerprint density at radius 3 is 2.19 bits per heavy atom. The summed E-state index contributed by atoms with van der Waals surface area (Å²) >= 11 is 0. The number of ether oxygens (including phenoxy) is 3. The summed E-state index contributed by atoms with van der Waals surface area (Å²) in [7, 11) is -2.03. The van der Waals surface area contributed by atoms with Crippen LogP contribution in [-0.4, -0.2) is 41.5 Å². The normalized spacial score (nSPS) is 20.4. The van der Waals surface area contributed by atoms with E-state index in [0.717, 1.165) is 12.1 Å². The minimum atomic E-state index is -4.85. The molecule has 8 nitrogen and oxygen atoms in total. The van der Waals surface area contributed by atoms with Crippen LogP contribution in [0, 0.1) is 0 Å². The second kappa shape index (κ2) is 9.61. The number of fused-ring (bicyclic) bond motifs is 2. The fourth-order valence-corrected chi connectivity index (χ4v) is 5.69. The fourth-order valence-electron chi connectivity index (χ4n) is 4.13. The van der Waals surface area contributed by atoms with E-state index in [9.17, 15) is 22.5 Å². The van der Waals surface area contributed by atoms with Gasteiger partial charge in [-0.25, -0.2) is 13.3 Å². The van der Waals surface area contributed by atoms with E-state index in [2.05, 4.69) is 13.8 Å². The lowest BCUT2D eigenvalue weighted by Crippen LogP contribution is -2.51. The summed E-state index contributed by atoms with van der Waals surface area (Å²) in [5, 5.41) is 11.4. The van der Waals surface area contributed by atoms with Gasteiger partial charge in [0, 0.05) is 7.05 Å². The van der Waals surface area contributed by atoms with Gasteiger partial charge in [-0.15, -0.1) is 13.2 Å². The van der Waals surface area contributed by atoms with Crippen molar-refractivity contribution in [3.63, 3.8) is 0 Å². The fraction of sp³-hybridized carbons (Fsp3) is 0.200. The molecule has 3 atom stereocenters. The highest BCUT2D eigenvalue weighted by atomic mass is 32.2. The van der Waals surface area contributed by atoms with Gasteiger partial charge >= 0.3 is 6.36 Å². The molecule has 5 rings (SSSR count). The third-order valence-electron chi connectivity index (χ3n) is 5.80. The number of hydrogen-bond donors (Lipinski definition) is 2.